The molecule has 1 fully saturated rings. The molecule has 3 nitrogen and oxygen atoms in total. The van der Waals surface area contributed by atoms with Crippen LogP contribution in [0, 0.1) is 0 Å². The van der Waals surface area contributed by atoms with Gasteiger partial charge < -0.3 is 14.6 Å². The van der Waals surface area contributed by atoms with Crippen LogP contribution in [-0.4, -0.2) is 29.7 Å². The van der Waals surface area contributed by atoms with Gasteiger partial charge in [-0.25, -0.2) is 0 Å². The number of unbranched alkanes of at least 4 members (excludes halogenated alkanes) is 14. The second-order valence-electron chi connectivity index (χ2n) is 8.63. The van der Waals surface area contributed by atoms with Crippen molar-refractivity contribution in [3.63, 3.8) is 0 Å². The molecular weight excluding hydrogens is 324 g/mol. The largest absolute Gasteiger partial charge is 0.394 e. The maximum absolute atomic E-state index is 9.39. The summed E-state index contributed by atoms with van der Waals surface area (Å²) in [4.78, 5) is 0. The minimum absolute atomic E-state index is 0.0623. The van der Waals surface area contributed by atoms with Crippen LogP contribution >= 0.6 is 0 Å². The van der Waals surface area contributed by atoms with Gasteiger partial charge in [0.2, 0.25) is 0 Å². The summed E-state index contributed by atoms with van der Waals surface area (Å²) in [5, 5.41) is 9.39. The zero-order valence-corrected chi connectivity index (χ0v) is 17.9. The SMILES string of the molecule is CCCCCCCCCCCCCCCCC[C@@H]1OC(C)(C)O[C@@H]1CO. The third-order valence-corrected chi connectivity index (χ3v) is 5.56. The van der Waals surface area contributed by atoms with Gasteiger partial charge in [0.15, 0.2) is 5.79 Å². The van der Waals surface area contributed by atoms with Gasteiger partial charge in [-0.05, 0) is 20.3 Å². The molecule has 0 amide bonds. The summed E-state index contributed by atoms with van der Waals surface area (Å²) < 4.78 is 11.6. The van der Waals surface area contributed by atoms with Gasteiger partial charge in [-0.15, -0.1) is 0 Å². The first kappa shape index (κ1) is 23.9. The van der Waals surface area contributed by atoms with E-state index in [0.29, 0.717) is 0 Å². The van der Waals surface area contributed by atoms with Gasteiger partial charge in [-0.3, -0.25) is 0 Å². The molecule has 0 saturated carbocycles. The highest BCUT2D eigenvalue weighted by molar-refractivity contribution is 4.80. The van der Waals surface area contributed by atoms with Gasteiger partial charge in [0.1, 0.15) is 6.10 Å². The molecule has 0 spiro atoms. The predicted octanol–water partition coefficient (Wildman–Crippen LogP) is 6.76. The predicted molar refractivity (Wildman–Crippen MR) is 110 cm³/mol. The van der Waals surface area contributed by atoms with E-state index in [1.165, 1.54) is 96.3 Å². The van der Waals surface area contributed by atoms with Crippen LogP contribution in [0.15, 0.2) is 0 Å². The molecule has 26 heavy (non-hydrogen) atoms. The molecule has 0 aromatic heterocycles. The first-order chi connectivity index (χ1) is 12.6. The third kappa shape index (κ3) is 11.6. The van der Waals surface area contributed by atoms with E-state index in [1.54, 1.807) is 0 Å². The molecular formula is C23H46O3. The molecule has 3 heteroatoms. The van der Waals surface area contributed by atoms with Gasteiger partial charge in [-0.1, -0.05) is 103 Å². The topological polar surface area (TPSA) is 38.7 Å². The maximum Gasteiger partial charge on any atom is 0.163 e. The summed E-state index contributed by atoms with van der Waals surface area (Å²) in [5.74, 6) is -0.534. The number of aliphatic hydroxyl groups is 1. The second-order valence-corrected chi connectivity index (χ2v) is 8.63. The minimum Gasteiger partial charge on any atom is -0.394 e. The standard InChI is InChI=1S/C23H46O3/c1-4-5-6-7-8-9-10-11-12-13-14-15-16-17-18-19-21-22(20-24)26-23(2,3)25-21/h21-22,24H,4-20H2,1-3H3/t21-,22+/m0/s1. The summed E-state index contributed by atoms with van der Waals surface area (Å²) in [6.07, 6.45) is 21.7. The number of ether oxygens (including phenoxy) is 2. The van der Waals surface area contributed by atoms with Crippen LogP contribution in [0.4, 0.5) is 0 Å². The molecule has 0 unspecified atom stereocenters. The quantitative estimate of drug-likeness (QED) is 0.287. The van der Waals surface area contributed by atoms with Crippen LogP contribution in [0.3, 0.4) is 0 Å². The molecule has 156 valence electrons. The number of rotatable bonds is 17. The van der Waals surface area contributed by atoms with Crippen LogP contribution in [0.25, 0.3) is 0 Å². The average molecular weight is 371 g/mol. The lowest BCUT2D eigenvalue weighted by Crippen LogP contribution is -2.26. The van der Waals surface area contributed by atoms with Crippen molar-refractivity contribution < 1.29 is 14.6 Å². The molecule has 0 radical (unpaired) electrons. The Morgan fingerprint density at radius 3 is 1.42 bits per heavy atom. The second kappa shape index (κ2) is 14.9. The lowest BCUT2D eigenvalue weighted by atomic mass is 10.0. The molecule has 0 bridgehead atoms. The zero-order chi connectivity index (χ0) is 19.1. The van der Waals surface area contributed by atoms with E-state index in [4.69, 9.17) is 9.47 Å². The van der Waals surface area contributed by atoms with Crippen LogP contribution < -0.4 is 0 Å². The number of hydrogen-bond donors (Lipinski definition) is 1. The van der Waals surface area contributed by atoms with Crippen molar-refractivity contribution in [3.05, 3.63) is 0 Å². The van der Waals surface area contributed by atoms with Crippen molar-refractivity contribution in [2.24, 2.45) is 0 Å². The first-order valence-electron chi connectivity index (χ1n) is 11.6. The molecule has 0 aromatic carbocycles. The number of hydrogen-bond acceptors (Lipinski definition) is 3. The van der Waals surface area contributed by atoms with Gasteiger partial charge in [0, 0.05) is 0 Å². The summed E-state index contributed by atoms with van der Waals surface area (Å²) in [6.45, 7) is 6.21. The van der Waals surface area contributed by atoms with E-state index >= 15 is 0 Å². The Balaban J connectivity index is 1.81. The molecule has 1 rings (SSSR count). The Kier molecular flexibility index (Phi) is 13.7. The normalized spacial score (nSPS) is 22.2. The fraction of sp³-hybridized carbons (Fsp3) is 1.00. The van der Waals surface area contributed by atoms with Crippen LogP contribution in [-0.2, 0) is 9.47 Å². The van der Waals surface area contributed by atoms with Crippen LogP contribution in [0.1, 0.15) is 124 Å². The highest BCUT2D eigenvalue weighted by Gasteiger charge is 2.40. The minimum atomic E-state index is -0.534. The Bertz CT molecular complexity index is 317. The average Bonchev–Trinajstić information content (AvgIpc) is 2.92. The van der Waals surface area contributed by atoms with Crippen molar-refractivity contribution in [3.8, 4) is 0 Å². The molecule has 1 aliphatic rings. The molecule has 2 atom stereocenters. The van der Waals surface area contributed by atoms with Crippen molar-refractivity contribution in [1.82, 2.24) is 0 Å². The summed E-state index contributed by atoms with van der Waals surface area (Å²) in [7, 11) is 0. The van der Waals surface area contributed by atoms with E-state index in [2.05, 4.69) is 6.92 Å². The van der Waals surface area contributed by atoms with E-state index in [9.17, 15) is 5.11 Å². The number of aliphatic hydroxyl groups excluding tert-OH is 1. The highest BCUT2D eigenvalue weighted by atomic mass is 16.8. The lowest BCUT2D eigenvalue weighted by molar-refractivity contribution is -0.149. The smallest absolute Gasteiger partial charge is 0.163 e. The maximum atomic E-state index is 9.39. The van der Waals surface area contributed by atoms with E-state index < -0.39 is 5.79 Å². The lowest BCUT2D eigenvalue weighted by Gasteiger charge is -2.16. The zero-order valence-electron chi connectivity index (χ0n) is 17.9. The Hall–Kier alpha value is -0.120. The fourth-order valence-corrected chi connectivity index (χ4v) is 4.03. The Morgan fingerprint density at radius 1 is 0.615 bits per heavy atom. The molecule has 1 N–H and O–H groups in total. The van der Waals surface area contributed by atoms with Gasteiger partial charge >= 0.3 is 0 Å². The van der Waals surface area contributed by atoms with Crippen molar-refractivity contribution >= 4 is 0 Å². The fourth-order valence-electron chi connectivity index (χ4n) is 4.03. The molecule has 0 aliphatic carbocycles. The molecule has 1 heterocycles. The monoisotopic (exact) mass is 370 g/mol. The van der Waals surface area contributed by atoms with Gasteiger partial charge in [0.05, 0.1) is 12.7 Å². The van der Waals surface area contributed by atoms with Crippen LogP contribution in [0.5, 0.6) is 0 Å². The third-order valence-electron chi connectivity index (χ3n) is 5.56. The molecule has 1 aliphatic heterocycles. The Labute approximate surface area is 163 Å². The first-order valence-corrected chi connectivity index (χ1v) is 11.6. The molecule has 0 aromatic rings. The molecule has 1 saturated heterocycles. The van der Waals surface area contributed by atoms with E-state index in [-0.39, 0.29) is 18.8 Å². The highest BCUT2D eigenvalue weighted by Crippen LogP contribution is 2.30. The summed E-state index contributed by atoms with van der Waals surface area (Å²) in [5.41, 5.74) is 0. The van der Waals surface area contributed by atoms with Crippen LogP contribution in [0.2, 0.25) is 0 Å². The summed E-state index contributed by atoms with van der Waals surface area (Å²) >= 11 is 0. The Morgan fingerprint density at radius 2 is 1.00 bits per heavy atom. The van der Waals surface area contributed by atoms with E-state index in [1.807, 2.05) is 13.8 Å². The van der Waals surface area contributed by atoms with Crippen molar-refractivity contribution in [1.29, 1.82) is 0 Å². The van der Waals surface area contributed by atoms with E-state index in [0.717, 1.165) is 6.42 Å². The van der Waals surface area contributed by atoms with Crippen molar-refractivity contribution in [2.75, 3.05) is 6.61 Å². The van der Waals surface area contributed by atoms with Crippen molar-refractivity contribution in [2.45, 2.75) is 141 Å². The van der Waals surface area contributed by atoms with Gasteiger partial charge in [0.25, 0.3) is 0 Å². The summed E-state index contributed by atoms with van der Waals surface area (Å²) in [6, 6.07) is 0. The van der Waals surface area contributed by atoms with Gasteiger partial charge in [-0.2, -0.15) is 0 Å².